The van der Waals surface area contributed by atoms with Crippen molar-refractivity contribution in [1.82, 2.24) is 14.8 Å². The van der Waals surface area contributed by atoms with Gasteiger partial charge in [-0.3, -0.25) is 4.79 Å². The minimum absolute atomic E-state index is 0.155. The van der Waals surface area contributed by atoms with E-state index < -0.39 is 5.82 Å². The number of para-hydroxylation sites is 1. The highest BCUT2D eigenvalue weighted by Crippen LogP contribution is 2.40. The monoisotopic (exact) mass is 376 g/mol. The van der Waals surface area contributed by atoms with Gasteiger partial charge in [-0.15, -0.1) is 10.2 Å². The first-order valence-electron chi connectivity index (χ1n) is 8.92. The van der Waals surface area contributed by atoms with Crippen LogP contribution in [0.3, 0.4) is 0 Å². The van der Waals surface area contributed by atoms with Crippen molar-refractivity contribution in [3.05, 3.63) is 35.9 Å². The van der Waals surface area contributed by atoms with Crippen LogP contribution in [0.4, 0.5) is 10.1 Å². The highest BCUT2D eigenvalue weighted by atomic mass is 32.2. The zero-order valence-corrected chi connectivity index (χ0v) is 15.2. The van der Waals surface area contributed by atoms with Crippen LogP contribution < -0.4 is 5.32 Å². The van der Waals surface area contributed by atoms with E-state index in [1.54, 1.807) is 18.2 Å². The Hall–Kier alpha value is -1.93. The van der Waals surface area contributed by atoms with E-state index in [0.29, 0.717) is 5.92 Å². The number of carbonyl (C=O) groups excluding carboxylic acids is 1. The molecule has 1 N–H and O–H groups in total. The number of nitrogens with one attached hydrogen (secondary N) is 1. The first kappa shape index (κ1) is 17.5. The van der Waals surface area contributed by atoms with Gasteiger partial charge in [0.2, 0.25) is 5.91 Å². The van der Waals surface area contributed by atoms with Gasteiger partial charge in [-0.2, -0.15) is 0 Å². The smallest absolute Gasteiger partial charge is 0.234 e. The maximum atomic E-state index is 13.6. The molecule has 1 aromatic carbocycles. The van der Waals surface area contributed by atoms with Crippen molar-refractivity contribution < 1.29 is 13.9 Å². The summed E-state index contributed by atoms with van der Waals surface area (Å²) in [4.78, 5) is 12.2. The number of anilines is 1. The van der Waals surface area contributed by atoms with Crippen LogP contribution in [0.1, 0.15) is 37.4 Å². The van der Waals surface area contributed by atoms with Crippen molar-refractivity contribution in [3.63, 3.8) is 0 Å². The predicted molar refractivity (Wildman–Crippen MR) is 96.7 cm³/mol. The maximum absolute atomic E-state index is 13.6. The molecule has 2 aliphatic rings. The molecular weight excluding hydrogens is 355 g/mol. The zero-order valence-electron chi connectivity index (χ0n) is 14.4. The number of halogens is 1. The van der Waals surface area contributed by atoms with E-state index in [1.165, 1.54) is 17.8 Å². The predicted octanol–water partition coefficient (Wildman–Crippen LogP) is 3.20. The van der Waals surface area contributed by atoms with Crippen molar-refractivity contribution in [1.29, 1.82) is 0 Å². The lowest BCUT2D eigenvalue weighted by atomic mass is 10.2. The van der Waals surface area contributed by atoms with Gasteiger partial charge in [-0.05, 0) is 37.8 Å². The maximum Gasteiger partial charge on any atom is 0.234 e. The normalized spacial score (nSPS) is 19.7. The van der Waals surface area contributed by atoms with Crippen LogP contribution in [0.15, 0.2) is 29.4 Å². The van der Waals surface area contributed by atoms with Crippen LogP contribution in [-0.4, -0.2) is 39.1 Å². The number of thioether (sulfide) groups is 1. The van der Waals surface area contributed by atoms with Crippen molar-refractivity contribution in [2.45, 2.75) is 49.4 Å². The molecule has 1 unspecified atom stereocenters. The van der Waals surface area contributed by atoms with Crippen molar-refractivity contribution in [3.8, 4) is 0 Å². The van der Waals surface area contributed by atoms with Crippen LogP contribution in [0.25, 0.3) is 0 Å². The molecule has 6 nitrogen and oxygen atoms in total. The molecule has 2 aromatic rings. The van der Waals surface area contributed by atoms with E-state index >= 15 is 0 Å². The number of aromatic nitrogens is 3. The van der Waals surface area contributed by atoms with Gasteiger partial charge in [0, 0.05) is 12.5 Å². The first-order chi connectivity index (χ1) is 12.7. The molecule has 0 bridgehead atoms. The van der Waals surface area contributed by atoms with E-state index in [9.17, 15) is 9.18 Å². The third-order valence-corrected chi connectivity index (χ3v) is 5.55. The van der Waals surface area contributed by atoms with Gasteiger partial charge >= 0.3 is 0 Å². The minimum atomic E-state index is -0.441. The molecule has 8 heteroatoms. The molecule has 1 aliphatic heterocycles. The van der Waals surface area contributed by atoms with Gasteiger partial charge < -0.3 is 14.6 Å². The summed E-state index contributed by atoms with van der Waals surface area (Å²) in [7, 11) is 0. The number of rotatable bonds is 7. The number of hydrogen-bond donors (Lipinski definition) is 1. The van der Waals surface area contributed by atoms with Crippen LogP contribution in [0.2, 0.25) is 0 Å². The fraction of sp³-hybridized carbons (Fsp3) is 0.500. The van der Waals surface area contributed by atoms with Gasteiger partial charge in [-0.1, -0.05) is 23.9 Å². The Morgan fingerprint density at radius 1 is 1.31 bits per heavy atom. The number of benzene rings is 1. The minimum Gasteiger partial charge on any atom is -0.376 e. The molecule has 1 amide bonds. The molecule has 1 atom stereocenters. The molecule has 1 saturated carbocycles. The number of carbonyl (C=O) groups is 1. The van der Waals surface area contributed by atoms with Crippen LogP contribution in [0.5, 0.6) is 0 Å². The molecule has 4 rings (SSSR count). The SMILES string of the molecule is O=C(CSc1nnc(C2CC2)n1CC1CCCO1)Nc1ccccc1F. The zero-order chi connectivity index (χ0) is 17.9. The summed E-state index contributed by atoms with van der Waals surface area (Å²) in [6.07, 6.45) is 4.60. The standard InChI is InChI=1S/C18H21FN4O2S/c19-14-5-1-2-6-15(14)20-16(24)11-26-18-22-21-17(12-7-8-12)23(18)10-13-4-3-9-25-13/h1-2,5-6,12-13H,3-4,7-11H2,(H,20,24). The third-order valence-electron chi connectivity index (χ3n) is 4.58. The van der Waals surface area contributed by atoms with E-state index in [2.05, 4.69) is 20.1 Å². The van der Waals surface area contributed by atoms with Crippen LogP contribution in [-0.2, 0) is 16.1 Å². The molecule has 0 radical (unpaired) electrons. The molecular formula is C18H21FN4O2S. The molecule has 2 heterocycles. The van der Waals surface area contributed by atoms with Crippen molar-refractivity contribution in [2.75, 3.05) is 17.7 Å². The molecule has 1 aliphatic carbocycles. The summed E-state index contributed by atoms with van der Waals surface area (Å²) in [5.41, 5.74) is 0.192. The lowest BCUT2D eigenvalue weighted by molar-refractivity contribution is -0.113. The first-order valence-corrected chi connectivity index (χ1v) is 9.91. The number of hydrogen-bond acceptors (Lipinski definition) is 5. The van der Waals surface area contributed by atoms with Gasteiger partial charge in [0.1, 0.15) is 11.6 Å². The van der Waals surface area contributed by atoms with E-state index in [4.69, 9.17) is 4.74 Å². The highest BCUT2D eigenvalue weighted by molar-refractivity contribution is 7.99. The summed E-state index contributed by atoms with van der Waals surface area (Å²) >= 11 is 1.33. The quantitative estimate of drug-likeness (QED) is 0.752. The van der Waals surface area contributed by atoms with Gasteiger partial charge in [0.05, 0.1) is 24.1 Å². The lowest BCUT2D eigenvalue weighted by Gasteiger charge is -2.14. The Labute approximate surface area is 155 Å². The lowest BCUT2D eigenvalue weighted by Crippen LogP contribution is -2.19. The summed E-state index contributed by atoms with van der Waals surface area (Å²) in [5.74, 6) is 0.925. The molecule has 0 spiro atoms. The summed E-state index contributed by atoms with van der Waals surface area (Å²) in [5, 5.41) is 11.9. The average Bonchev–Trinajstić information content (AvgIpc) is 3.20. The summed E-state index contributed by atoms with van der Waals surface area (Å²) < 4.78 is 21.5. The molecule has 1 saturated heterocycles. The fourth-order valence-corrected chi connectivity index (χ4v) is 3.85. The van der Waals surface area contributed by atoms with Gasteiger partial charge in [-0.25, -0.2) is 4.39 Å². The Morgan fingerprint density at radius 2 is 2.15 bits per heavy atom. The highest BCUT2D eigenvalue weighted by Gasteiger charge is 2.32. The molecule has 26 heavy (non-hydrogen) atoms. The van der Waals surface area contributed by atoms with Crippen molar-refractivity contribution in [2.24, 2.45) is 0 Å². The number of nitrogens with zero attached hydrogens (tertiary/aromatic N) is 3. The van der Waals surface area contributed by atoms with Gasteiger partial charge in [0.15, 0.2) is 5.16 Å². The largest absolute Gasteiger partial charge is 0.376 e. The average molecular weight is 376 g/mol. The Balaban J connectivity index is 1.41. The number of amides is 1. The van der Waals surface area contributed by atoms with Gasteiger partial charge in [0.25, 0.3) is 0 Å². The second kappa shape index (κ2) is 7.75. The van der Waals surface area contributed by atoms with E-state index in [0.717, 1.165) is 49.8 Å². The van der Waals surface area contributed by atoms with E-state index in [1.807, 2.05) is 0 Å². The van der Waals surface area contributed by atoms with Crippen LogP contribution in [0, 0.1) is 5.82 Å². The Bertz CT molecular complexity index is 787. The Morgan fingerprint density at radius 3 is 2.88 bits per heavy atom. The molecule has 138 valence electrons. The van der Waals surface area contributed by atoms with E-state index in [-0.39, 0.29) is 23.5 Å². The number of ether oxygens (including phenoxy) is 1. The molecule has 1 aromatic heterocycles. The third kappa shape index (κ3) is 4.07. The second-order valence-electron chi connectivity index (χ2n) is 6.68. The topological polar surface area (TPSA) is 69.0 Å². The van der Waals surface area contributed by atoms with Crippen LogP contribution >= 0.6 is 11.8 Å². The summed E-state index contributed by atoms with van der Waals surface area (Å²) in [6.45, 7) is 1.54. The molecule has 2 fully saturated rings. The Kier molecular flexibility index (Phi) is 5.21. The second-order valence-corrected chi connectivity index (χ2v) is 7.62. The summed E-state index contributed by atoms with van der Waals surface area (Å²) in [6, 6.07) is 6.14. The fourth-order valence-electron chi connectivity index (χ4n) is 3.09. The van der Waals surface area contributed by atoms with Crippen molar-refractivity contribution >= 4 is 23.4 Å².